The molecule has 2 aromatic rings. The number of hydrogen-bond acceptors (Lipinski definition) is 4. The minimum atomic E-state index is -3.56. The first-order valence-electron chi connectivity index (χ1n) is 8.76. The van der Waals surface area contributed by atoms with Crippen LogP contribution in [0.15, 0.2) is 33.7 Å². The zero-order valence-electron chi connectivity index (χ0n) is 15.4. The van der Waals surface area contributed by atoms with E-state index in [2.05, 4.69) is 0 Å². The predicted molar refractivity (Wildman–Crippen MR) is 97.3 cm³/mol. The molecule has 8 heteroatoms. The molecule has 1 saturated heterocycles. The summed E-state index contributed by atoms with van der Waals surface area (Å²) in [5.74, 6) is 1.23. The van der Waals surface area contributed by atoms with Crippen molar-refractivity contribution in [2.75, 3.05) is 20.1 Å². The van der Waals surface area contributed by atoms with Crippen LogP contribution in [-0.4, -0.2) is 48.2 Å². The van der Waals surface area contributed by atoms with Gasteiger partial charge in [-0.3, -0.25) is 4.79 Å². The Hall–Kier alpha value is -2.06. The fraction of sp³-hybridized carbons (Fsp3) is 0.500. The monoisotopic (exact) mass is 379 g/mol. The largest absolute Gasteiger partial charge is 0.464 e. The maximum Gasteiger partial charge on any atom is 0.270 e. The number of nitrogens with zero attached hydrogens (tertiary/aromatic N) is 3. The second kappa shape index (κ2) is 7.28. The van der Waals surface area contributed by atoms with Gasteiger partial charge in [0.2, 0.25) is 10.0 Å². The van der Waals surface area contributed by atoms with Crippen LogP contribution in [0.2, 0.25) is 0 Å². The van der Waals surface area contributed by atoms with E-state index in [-0.39, 0.29) is 10.8 Å². The highest BCUT2D eigenvalue weighted by Gasteiger charge is 2.29. The van der Waals surface area contributed by atoms with E-state index in [4.69, 9.17) is 4.42 Å². The molecule has 0 aromatic carbocycles. The number of sulfonamides is 1. The van der Waals surface area contributed by atoms with Crippen molar-refractivity contribution in [3.63, 3.8) is 0 Å². The average molecular weight is 379 g/mol. The van der Waals surface area contributed by atoms with Crippen molar-refractivity contribution < 1.29 is 17.6 Å². The van der Waals surface area contributed by atoms with Crippen LogP contribution in [0.3, 0.4) is 0 Å². The Morgan fingerprint density at radius 3 is 2.54 bits per heavy atom. The lowest BCUT2D eigenvalue weighted by atomic mass is 10.2. The molecule has 2 aromatic heterocycles. The Kier molecular flexibility index (Phi) is 5.24. The first-order chi connectivity index (χ1) is 12.3. The molecule has 26 heavy (non-hydrogen) atoms. The lowest BCUT2D eigenvalue weighted by Crippen LogP contribution is -2.35. The number of carbonyl (C=O) groups is 1. The Morgan fingerprint density at radius 2 is 1.92 bits per heavy atom. The van der Waals surface area contributed by atoms with Gasteiger partial charge in [-0.25, -0.2) is 8.42 Å². The highest BCUT2D eigenvalue weighted by Crippen LogP contribution is 2.23. The lowest BCUT2D eigenvalue weighted by molar-refractivity contribution is 0.0765. The van der Waals surface area contributed by atoms with E-state index in [0.717, 1.165) is 25.0 Å². The van der Waals surface area contributed by atoms with Crippen LogP contribution in [0.1, 0.15) is 41.3 Å². The van der Waals surface area contributed by atoms with Crippen molar-refractivity contribution in [1.29, 1.82) is 0 Å². The van der Waals surface area contributed by atoms with Crippen molar-refractivity contribution in [2.45, 2.75) is 37.6 Å². The third-order valence-electron chi connectivity index (χ3n) is 4.69. The third-order valence-corrected chi connectivity index (χ3v) is 6.55. The molecule has 0 saturated carbocycles. The van der Waals surface area contributed by atoms with Crippen molar-refractivity contribution in [3.05, 3.63) is 41.6 Å². The molecule has 3 heterocycles. The van der Waals surface area contributed by atoms with E-state index in [1.54, 1.807) is 18.7 Å². The molecule has 7 nitrogen and oxygen atoms in total. The molecule has 1 aliphatic rings. The molecule has 0 atom stereocenters. The smallest absolute Gasteiger partial charge is 0.270 e. The van der Waals surface area contributed by atoms with E-state index in [0.29, 0.717) is 31.1 Å². The van der Waals surface area contributed by atoms with Crippen LogP contribution in [0.25, 0.3) is 0 Å². The van der Waals surface area contributed by atoms with Crippen molar-refractivity contribution in [1.82, 2.24) is 13.8 Å². The average Bonchev–Trinajstić information content (AvgIpc) is 3.21. The number of rotatable bonds is 5. The Morgan fingerprint density at radius 1 is 1.23 bits per heavy atom. The summed E-state index contributed by atoms with van der Waals surface area (Å²) in [7, 11) is -0.195. The maximum atomic E-state index is 12.8. The van der Waals surface area contributed by atoms with Gasteiger partial charge in [0, 0.05) is 33.4 Å². The molecule has 1 aliphatic heterocycles. The summed E-state index contributed by atoms with van der Waals surface area (Å²) in [6, 6.07) is 5.14. The molecule has 0 unspecified atom stereocenters. The van der Waals surface area contributed by atoms with E-state index in [9.17, 15) is 13.2 Å². The van der Waals surface area contributed by atoms with Crippen molar-refractivity contribution in [3.8, 4) is 0 Å². The van der Waals surface area contributed by atoms with Gasteiger partial charge >= 0.3 is 0 Å². The van der Waals surface area contributed by atoms with Crippen LogP contribution in [0.5, 0.6) is 0 Å². The van der Waals surface area contributed by atoms with Crippen LogP contribution in [-0.2, 0) is 23.6 Å². The minimum Gasteiger partial charge on any atom is -0.464 e. The summed E-state index contributed by atoms with van der Waals surface area (Å²) >= 11 is 0. The lowest BCUT2D eigenvalue weighted by Gasteiger charge is -2.25. The maximum absolute atomic E-state index is 12.8. The fourth-order valence-corrected chi connectivity index (χ4v) is 4.80. The molecule has 1 fully saturated rings. The number of piperidine rings is 1. The van der Waals surface area contributed by atoms with Gasteiger partial charge < -0.3 is 13.9 Å². The normalized spacial score (nSPS) is 16.0. The molecular weight excluding hydrogens is 354 g/mol. The van der Waals surface area contributed by atoms with E-state index < -0.39 is 10.0 Å². The van der Waals surface area contributed by atoms with Gasteiger partial charge in [0.05, 0.1) is 6.54 Å². The highest BCUT2D eigenvalue weighted by molar-refractivity contribution is 7.89. The van der Waals surface area contributed by atoms with E-state index >= 15 is 0 Å². The Labute approximate surface area is 154 Å². The quantitative estimate of drug-likeness (QED) is 0.799. The molecule has 1 amide bonds. The minimum absolute atomic E-state index is 0.174. The van der Waals surface area contributed by atoms with Gasteiger partial charge in [-0.1, -0.05) is 6.42 Å². The van der Waals surface area contributed by atoms with Crippen LogP contribution in [0, 0.1) is 6.92 Å². The summed E-state index contributed by atoms with van der Waals surface area (Å²) in [4.78, 5) is 14.4. The standard InChI is InChI=1S/C18H25N3O4S/c1-14-7-8-15(25-14)12-20(3)18(22)17-11-16(13-19(17)2)26(23,24)21-9-5-4-6-10-21/h7-8,11,13H,4-6,9-10,12H2,1-3H3. The van der Waals surface area contributed by atoms with Gasteiger partial charge in [0.15, 0.2) is 0 Å². The second-order valence-corrected chi connectivity index (χ2v) is 8.75. The third kappa shape index (κ3) is 3.71. The molecular formula is C18H25N3O4S. The molecule has 0 aliphatic carbocycles. The summed E-state index contributed by atoms with van der Waals surface area (Å²) < 4.78 is 34.2. The number of furan rings is 1. The van der Waals surface area contributed by atoms with Crippen LogP contribution < -0.4 is 0 Å². The molecule has 0 radical (unpaired) electrons. The van der Waals surface area contributed by atoms with Gasteiger partial charge in [-0.05, 0) is 38.0 Å². The molecule has 0 bridgehead atoms. The Balaban J connectivity index is 1.79. The van der Waals surface area contributed by atoms with E-state index in [1.165, 1.54) is 21.5 Å². The van der Waals surface area contributed by atoms with Crippen LogP contribution >= 0.6 is 0 Å². The van der Waals surface area contributed by atoms with Gasteiger partial charge in [0.25, 0.3) is 5.91 Å². The van der Waals surface area contributed by atoms with Crippen LogP contribution in [0.4, 0.5) is 0 Å². The summed E-state index contributed by atoms with van der Waals surface area (Å²) in [6.07, 6.45) is 4.33. The predicted octanol–water partition coefficient (Wildman–Crippen LogP) is 2.37. The van der Waals surface area contributed by atoms with Crippen molar-refractivity contribution in [2.24, 2.45) is 7.05 Å². The highest BCUT2D eigenvalue weighted by atomic mass is 32.2. The number of aryl methyl sites for hydroxylation is 2. The number of aromatic nitrogens is 1. The molecule has 0 N–H and O–H groups in total. The first-order valence-corrected chi connectivity index (χ1v) is 10.2. The summed E-state index contributed by atoms with van der Waals surface area (Å²) in [6.45, 7) is 3.25. The zero-order valence-corrected chi connectivity index (χ0v) is 16.3. The number of hydrogen-bond donors (Lipinski definition) is 0. The number of amides is 1. The topological polar surface area (TPSA) is 75.8 Å². The van der Waals surface area contributed by atoms with Crippen molar-refractivity contribution >= 4 is 15.9 Å². The summed E-state index contributed by atoms with van der Waals surface area (Å²) in [5.41, 5.74) is 0.339. The van der Waals surface area contributed by atoms with Gasteiger partial charge in [0.1, 0.15) is 22.1 Å². The first kappa shape index (κ1) is 18.7. The Bertz CT molecular complexity index is 891. The number of carbonyl (C=O) groups excluding carboxylic acids is 1. The molecule has 3 rings (SSSR count). The zero-order chi connectivity index (χ0) is 18.9. The van der Waals surface area contributed by atoms with Gasteiger partial charge in [-0.2, -0.15) is 4.31 Å². The summed E-state index contributed by atoms with van der Waals surface area (Å²) in [5, 5.41) is 0. The fourth-order valence-electron chi connectivity index (χ4n) is 3.21. The SMILES string of the molecule is Cc1ccc(CN(C)C(=O)c2cc(S(=O)(=O)N3CCCCC3)cn2C)o1. The van der Waals surface area contributed by atoms with Gasteiger partial charge in [-0.15, -0.1) is 0 Å². The second-order valence-electron chi connectivity index (χ2n) is 6.81. The van der Waals surface area contributed by atoms with E-state index in [1.807, 2.05) is 19.1 Å². The molecule has 0 spiro atoms. The molecule has 142 valence electrons.